The topological polar surface area (TPSA) is 95.9 Å². The lowest BCUT2D eigenvalue weighted by atomic mass is 9.74. The Labute approximate surface area is 185 Å². The molecule has 164 valence electrons. The summed E-state index contributed by atoms with van der Waals surface area (Å²) >= 11 is 0. The van der Waals surface area contributed by atoms with Gasteiger partial charge < -0.3 is 20.1 Å². The number of carbonyl (C=O) groups is 3. The van der Waals surface area contributed by atoms with E-state index in [1.165, 1.54) is 0 Å². The third-order valence-electron chi connectivity index (χ3n) is 7.69. The molecule has 2 aromatic rings. The van der Waals surface area contributed by atoms with Crippen LogP contribution in [-0.4, -0.2) is 52.7 Å². The zero-order valence-corrected chi connectivity index (χ0v) is 17.5. The Bertz CT molecular complexity index is 1100. The maximum Gasteiger partial charge on any atom is 0.408 e. The number of carboxylic acids is 1. The number of nitrogens with zero attached hydrogens (tertiary/aromatic N) is 1. The number of hydrogen-bond donors (Lipinski definition) is 2. The predicted octanol–water partition coefficient (Wildman–Crippen LogP) is 2.99. The molecule has 4 fully saturated rings. The van der Waals surface area contributed by atoms with Crippen LogP contribution in [0.5, 0.6) is 0 Å². The minimum atomic E-state index is -0.941. The fraction of sp³-hybridized carbons (Fsp3) is 0.400. The second-order valence-corrected chi connectivity index (χ2v) is 9.42. The van der Waals surface area contributed by atoms with Crippen LogP contribution in [0.3, 0.4) is 0 Å². The number of carboxylic acid groups (broad SMARTS) is 1. The fourth-order valence-electron chi connectivity index (χ4n) is 5.84. The molecule has 3 atom stereocenters. The highest BCUT2D eigenvalue weighted by Gasteiger charge is 2.62. The lowest BCUT2D eigenvalue weighted by Gasteiger charge is -2.34. The molecule has 2 amide bonds. The molecule has 3 unspecified atom stereocenters. The highest BCUT2D eigenvalue weighted by atomic mass is 16.5. The third kappa shape index (κ3) is 2.76. The van der Waals surface area contributed by atoms with Crippen LogP contribution in [0.2, 0.25) is 0 Å². The van der Waals surface area contributed by atoms with Gasteiger partial charge in [0.2, 0.25) is 5.91 Å². The maximum atomic E-state index is 13.1. The summed E-state index contributed by atoms with van der Waals surface area (Å²) in [7, 11) is 0. The number of rotatable bonds is 5. The van der Waals surface area contributed by atoms with E-state index in [9.17, 15) is 19.5 Å². The molecular weight excluding hydrogens is 408 g/mol. The van der Waals surface area contributed by atoms with E-state index in [-0.39, 0.29) is 30.4 Å². The largest absolute Gasteiger partial charge is 0.481 e. The van der Waals surface area contributed by atoms with E-state index in [1.807, 2.05) is 24.3 Å². The van der Waals surface area contributed by atoms with Gasteiger partial charge >= 0.3 is 12.1 Å². The summed E-state index contributed by atoms with van der Waals surface area (Å²) in [6, 6.07) is 16.0. The van der Waals surface area contributed by atoms with Gasteiger partial charge in [0.05, 0.1) is 5.92 Å². The van der Waals surface area contributed by atoms with Crippen LogP contribution in [0.1, 0.15) is 36.3 Å². The van der Waals surface area contributed by atoms with Crippen LogP contribution in [0.15, 0.2) is 48.5 Å². The van der Waals surface area contributed by atoms with Crippen molar-refractivity contribution in [2.45, 2.75) is 36.8 Å². The minimum Gasteiger partial charge on any atom is -0.481 e. The van der Waals surface area contributed by atoms with Gasteiger partial charge in [-0.05, 0) is 47.4 Å². The number of amides is 2. The summed E-state index contributed by atoms with van der Waals surface area (Å²) < 4.78 is 5.61. The molecule has 0 aromatic heterocycles. The summed E-state index contributed by atoms with van der Waals surface area (Å²) in [5.41, 5.74) is 3.65. The molecular formula is C25H24N2O5. The predicted molar refractivity (Wildman–Crippen MR) is 115 cm³/mol. The number of alkyl carbamates (subject to hydrolysis) is 1. The Morgan fingerprint density at radius 2 is 1.66 bits per heavy atom. The van der Waals surface area contributed by atoms with Crippen LogP contribution < -0.4 is 5.32 Å². The van der Waals surface area contributed by atoms with Crippen molar-refractivity contribution in [1.82, 2.24) is 10.2 Å². The molecule has 7 heteroatoms. The van der Waals surface area contributed by atoms with Crippen molar-refractivity contribution in [3.63, 3.8) is 0 Å². The van der Waals surface area contributed by atoms with E-state index in [4.69, 9.17) is 4.74 Å². The summed E-state index contributed by atoms with van der Waals surface area (Å²) in [6.45, 7) is 0.661. The first kappa shape index (κ1) is 19.3. The van der Waals surface area contributed by atoms with Gasteiger partial charge in [-0.3, -0.25) is 9.59 Å². The number of nitrogens with one attached hydrogen (secondary N) is 1. The number of ether oxygens (including phenoxy) is 1. The monoisotopic (exact) mass is 432 g/mol. The van der Waals surface area contributed by atoms with E-state index in [0.717, 1.165) is 28.7 Å². The summed E-state index contributed by atoms with van der Waals surface area (Å²) in [5.74, 6) is -1.48. The lowest BCUT2D eigenvalue weighted by Crippen LogP contribution is -2.53. The van der Waals surface area contributed by atoms with Crippen molar-refractivity contribution in [2.75, 3.05) is 13.2 Å². The van der Waals surface area contributed by atoms with Crippen molar-refractivity contribution in [3.05, 3.63) is 59.7 Å². The van der Waals surface area contributed by atoms with Crippen molar-refractivity contribution in [2.24, 2.45) is 11.8 Å². The zero-order chi connectivity index (χ0) is 22.0. The maximum absolute atomic E-state index is 13.1. The van der Waals surface area contributed by atoms with Crippen LogP contribution >= 0.6 is 0 Å². The number of hydrogen-bond acceptors (Lipinski definition) is 4. The van der Waals surface area contributed by atoms with Crippen molar-refractivity contribution in [3.8, 4) is 11.1 Å². The first-order valence-corrected chi connectivity index (χ1v) is 11.2. The van der Waals surface area contributed by atoms with Gasteiger partial charge in [-0.2, -0.15) is 0 Å². The van der Waals surface area contributed by atoms with E-state index < -0.39 is 23.5 Å². The molecule has 7 nitrogen and oxygen atoms in total. The molecule has 2 aromatic carbocycles. The van der Waals surface area contributed by atoms with Crippen molar-refractivity contribution < 1.29 is 24.2 Å². The molecule has 7 rings (SSSR count). The van der Waals surface area contributed by atoms with Crippen LogP contribution in [0.25, 0.3) is 11.1 Å². The van der Waals surface area contributed by atoms with Gasteiger partial charge in [0.15, 0.2) is 0 Å². The fourth-order valence-corrected chi connectivity index (χ4v) is 5.84. The average Bonchev–Trinajstić information content (AvgIpc) is 3.15. The molecule has 0 spiro atoms. The van der Waals surface area contributed by atoms with Crippen molar-refractivity contribution in [1.29, 1.82) is 0 Å². The Kier molecular flexibility index (Phi) is 4.12. The van der Waals surface area contributed by atoms with E-state index >= 15 is 0 Å². The first-order valence-electron chi connectivity index (χ1n) is 11.2. The molecule has 2 bridgehead atoms. The second-order valence-electron chi connectivity index (χ2n) is 9.42. The van der Waals surface area contributed by atoms with Crippen LogP contribution in [-0.2, 0) is 14.3 Å². The van der Waals surface area contributed by atoms with Gasteiger partial charge in [0.1, 0.15) is 12.1 Å². The van der Waals surface area contributed by atoms with Gasteiger partial charge in [-0.25, -0.2) is 4.79 Å². The van der Waals surface area contributed by atoms with Gasteiger partial charge in [-0.15, -0.1) is 0 Å². The molecule has 2 aliphatic heterocycles. The number of benzene rings is 2. The molecule has 2 heterocycles. The average molecular weight is 432 g/mol. The van der Waals surface area contributed by atoms with Crippen LogP contribution in [0, 0.1) is 11.8 Å². The van der Waals surface area contributed by atoms with Crippen LogP contribution in [0.4, 0.5) is 4.79 Å². The Morgan fingerprint density at radius 1 is 1.03 bits per heavy atom. The van der Waals surface area contributed by atoms with E-state index in [1.54, 1.807) is 4.90 Å². The quantitative estimate of drug-likeness (QED) is 0.757. The normalized spacial score (nSPS) is 26.0. The summed E-state index contributed by atoms with van der Waals surface area (Å²) in [5, 5.41) is 12.2. The summed E-state index contributed by atoms with van der Waals surface area (Å²) in [6.07, 6.45) is 1.26. The Hall–Kier alpha value is -3.35. The van der Waals surface area contributed by atoms with Gasteiger partial charge in [-0.1, -0.05) is 48.5 Å². The SMILES string of the molecule is O=C(NC1(C(=O)N2CC3CC2C3C(=O)O)CC1)OCC1c2ccccc2-c2ccccc21. The molecule has 2 saturated carbocycles. The highest BCUT2D eigenvalue weighted by Crippen LogP contribution is 2.50. The minimum absolute atomic E-state index is 0.0340. The first-order chi connectivity index (χ1) is 15.5. The smallest absolute Gasteiger partial charge is 0.408 e. The molecule has 2 saturated heterocycles. The van der Waals surface area contributed by atoms with Crippen molar-refractivity contribution >= 4 is 18.0 Å². The molecule has 32 heavy (non-hydrogen) atoms. The number of fused-ring (bicyclic) bond motifs is 4. The number of carbonyl (C=O) groups excluding carboxylic acids is 2. The van der Waals surface area contributed by atoms with Gasteiger partial charge in [0, 0.05) is 18.5 Å². The van der Waals surface area contributed by atoms with Gasteiger partial charge in [0.25, 0.3) is 0 Å². The molecule has 2 N–H and O–H groups in total. The molecule has 0 radical (unpaired) electrons. The highest BCUT2D eigenvalue weighted by molar-refractivity contribution is 5.94. The van der Waals surface area contributed by atoms with E-state index in [0.29, 0.717) is 19.4 Å². The summed E-state index contributed by atoms with van der Waals surface area (Å²) in [4.78, 5) is 38.9. The molecule has 3 aliphatic carbocycles. The third-order valence-corrected chi connectivity index (χ3v) is 7.69. The second kappa shape index (κ2) is 6.82. The Morgan fingerprint density at radius 3 is 2.22 bits per heavy atom. The lowest BCUT2D eigenvalue weighted by molar-refractivity contribution is -0.148. The Balaban J connectivity index is 1.12. The van der Waals surface area contributed by atoms with E-state index in [2.05, 4.69) is 29.6 Å². The molecule has 5 aliphatic rings. The zero-order valence-electron chi connectivity index (χ0n) is 17.5. The number of aliphatic carboxylic acids is 1. The standard InChI is InChI=1S/C25H24N2O5/c28-22(29)21-14-11-20(21)27(12-14)23(30)25(9-10-25)26-24(31)32-13-19-17-7-3-1-5-15(17)16-6-2-4-8-18(16)19/h1-8,14,19-21H,9-13H2,(H,26,31)(H,28,29).